The Hall–Kier alpha value is -4.02. The maximum absolute atomic E-state index is 13.9. The number of halogens is 2. The van der Waals surface area contributed by atoms with Crippen LogP contribution in [-0.4, -0.2) is 26.6 Å². The van der Waals surface area contributed by atoms with E-state index in [9.17, 15) is 13.2 Å². The first-order chi connectivity index (χ1) is 21.5. The molecular formula is C34H28Cl2N2O5S2. The van der Waals surface area contributed by atoms with Gasteiger partial charge in [0.25, 0.3) is 5.91 Å². The van der Waals surface area contributed by atoms with Crippen molar-refractivity contribution in [3.8, 4) is 11.5 Å². The third-order valence-electron chi connectivity index (χ3n) is 6.86. The Labute approximate surface area is 276 Å². The standard InChI is InChI=1S/C34H28Cl2N2O5S2/c1-5-9-24-16-23(17-30(42-4)32(24)43-45(40,41)27-10-7-6-8-11-27)18-31-33(39)38(26-15-13-22(3)29(36)20-26)34(44-31)37-25-14-12-21(2)28(35)19-25/h5-8,10-20H,1,9H2,2-4H3/b31-18+,37-34?. The van der Waals surface area contributed by atoms with E-state index in [-0.39, 0.29) is 28.7 Å². The highest BCUT2D eigenvalue weighted by molar-refractivity contribution is 8.19. The first-order valence-corrected chi connectivity index (χ1v) is 16.6. The molecular weight excluding hydrogens is 651 g/mol. The lowest BCUT2D eigenvalue weighted by Crippen LogP contribution is -2.28. The molecule has 5 rings (SSSR count). The monoisotopic (exact) mass is 678 g/mol. The lowest BCUT2D eigenvalue weighted by atomic mass is 10.1. The molecule has 0 radical (unpaired) electrons. The first kappa shape index (κ1) is 32.4. The minimum atomic E-state index is -4.15. The van der Waals surface area contributed by atoms with Crippen LogP contribution in [0, 0.1) is 13.8 Å². The Morgan fingerprint density at radius 3 is 2.29 bits per heavy atom. The zero-order chi connectivity index (χ0) is 32.3. The number of thioether (sulfide) groups is 1. The number of amidine groups is 1. The van der Waals surface area contributed by atoms with Gasteiger partial charge in [-0.25, -0.2) is 4.99 Å². The summed E-state index contributed by atoms with van der Waals surface area (Å²) >= 11 is 14.0. The molecule has 11 heteroatoms. The molecule has 1 heterocycles. The minimum Gasteiger partial charge on any atom is -0.493 e. The molecule has 0 spiro atoms. The first-order valence-electron chi connectivity index (χ1n) is 13.7. The van der Waals surface area contributed by atoms with Gasteiger partial charge < -0.3 is 8.92 Å². The van der Waals surface area contributed by atoms with Crippen molar-refractivity contribution < 1.29 is 22.1 Å². The summed E-state index contributed by atoms with van der Waals surface area (Å²) in [5, 5.41) is 1.49. The van der Waals surface area contributed by atoms with Crippen molar-refractivity contribution in [2.75, 3.05) is 12.0 Å². The highest BCUT2D eigenvalue weighted by Gasteiger charge is 2.35. The molecule has 0 unspecified atom stereocenters. The molecule has 1 aliphatic rings. The van der Waals surface area contributed by atoms with Gasteiger partial charge in [0.15, 0.2) is 16.7 Å². The van der Waals surface area contributed by atoms with E-state index in [0.29, 0.717) is 42.6 Å². The van der Waals surface area contributed by atoms with E-state index < -0.39 is 10.1 Å². The van der Waals surface area contributed by atoms with Crippen LogP contribution < -0.4 is 13.8 Å². The molecule has 0 aliphatic carbocycles. The Morgan fingerprint density at radius 1 is 0.956 bits per heavy atom. The number of methoxy groups -OCH3 is 1. The predicted molar refractivity (Wildman–Crippen MR) is 184 cm³/mol. The number of allylic oxidation sites excluding steroid dienone is 1. The molecule has 0 bridgehead atoms. The molecule has 0 N–H and O–H groups in total. The van der Waals surface area contributed by atoms with Crippen LogP contribution in [0.25, 0.3) is 6.08 Å². The number of rotatable bonds is 9. The van der Waals surface area contributed by atoms with Crippen molar-refractivity contribution >= 4 is 73.6 Å². The molecule has 0 aromatic heterocycles. The predicted octanol–water partition coefficient (Wildman–Crippen LogP) is 8.92. The number of ether oxygens (including phenoxy) is 1. The zero-order valence-electron chi connectivity index (χ0n) is 24.6. The summed E-state index contributed by atoms with van der Waals surface area (Å²) in [5.41, 5.74) is 4.02. The van der Waals surface area contributed by atoms with Crippen LogP contribution in [0.1, 0.15) is 22.3 Å². The van der Waals surface area contributed by atoms with E-state index in [1.807, 2.05) is 38.1 Å². The van der Waals surface area contributed by atoms with Crippen molar-refractivity contribution in [1.29, 1.82) is 0 Å². The average molecular weight is 680 g/mol. The summed E-state index contributed by atoms with van der Waals surface area (Å²) < 4.78 is 37.3. The molecule has 0 saturated carbocycles. The number of anilines is 1. The van der Waals surface area contributed by atoms with Crippen LogP contribution in [0.3, 0.4) is 0 Å². The molecule has 1 fully saturated rings. The maximum Gasteiger partial charge on any atom is 0.339 e. The largest absolute Gasteiger partial charge is 0.493 e. The molecule has 0 atom stereocenters. The number of nitrogens with zero attached hydrogens (tertiary/aromatic N) is 2. The number of hydrogen-bond donors (Lipinski definition) is 0. The lowest BCUT2D eigenvalue weighted by Gasteiger charge is -2.17. The van der Waals surface area contributed by atoms with E-state index in [1.54, 1.807) is 54.6 Å². The third-order valence-corrected chi connectivity index (χ3v) is 9.88. The van der Waals surface area contributed by atoms with Crippen molar-refractivity contribution in [3.63, 3.8) is 0 Å². The second kappa shape index (κ2) is 13.5. The van der Waals surface area contributed by atoms with Gasteiger partial charge in [0.05, 0.1) is 23.4 Å². The van der Waals surface area contributed by atoms with Gasteiger partial charge in [0, 0.05) is 15.6 Å². The fourth-order valence-electron chi connectivity index (χ4n) is 4.48. The quantitative estimate of drug-likeness (QED) is 0.0998. The molecule has 230 valence electrons. The second-order valence-electron chi connectivity index (χ2n) is 10.1. The molecule has 7 nitrogen and oxygen atoms in total. The fraction of sp³-hybridized carbons (Fsp3) is 0.118. The SMILES string of the molecule is C=CCc1cc(/C=C2/SC(=Nc3ccc(C)c(Cl)c3)N(c3ccc(C)c(Cl)c3)C2=O)cc(OC)c1OS(=O)(=O)c1ccccc1. The Kier molecular flexibility index (Phi) is 9.74. The molecule has 1 saturated heterocycles. The van der Waals surface area contributed by atoms with Crippen LogP contribution >= 0.6 is 35.0 Å². The van der Waals surface area contributed by atoms with Crippen molar-refractivity contribution in [1.82, 2.24) is 0 Å². The van der Waals surface area contributed by atoms with Gasteiger partial charge in [-0.15, -0.1) is 6.58 Å². The topological polar surface area (TPSA) is 85.3 Å². The van der Waals surface area contributed by atoms with Gasteiger partial charge in [-0.2, -0.15) is 8.42 Å². The van der Waals surface area contributed by atoms with Crippen LogP contribution in [0.2, 0.25) is 10.0 Å². The number of aryl methyl sites for hydroxylation is 2. The zero-order valence-corrected chi connectivity index (χ0v) is 27.7. The highest BCUT2D eigenvalue weighted by Crippen LogP contribution is 2.41. The third kappa shape index (κ3) is 7.12. The lowest BCUT2D eigenvalue weighted by molar-refractivity contribution is -0.113. The summed E-state index contributed by atoms with van der Waals surface area (Å²) in [7, 11) is -2.73. The van der Waals surface area contributed by atoms with Crippen molar-refractivity contribution in [3.05, 3.63) is 129 Å². The van der Waals surface area contributed by atoms with E-state index in [0.717, 1.165) is 11.1 Å². The van der Waals surface area contributed by atoms with Gasteiger partial charge in [-0.3, -0.25) is 9.69 Å². The summed E-state index contributed by atoms with van der Waals surface area (Å²) in [6, 6.07) is 22.0. The van der Waals surface area contributed by atoms with Gasteiger partial charge in [-0.1, -0.05) is 59.6 Å². The maximum atomic E-state index is 13.9. The fourth-order valence-corrected chi connectivity index (χ4v) is 6.82. The van der Waals surface area contributed by atoms with Crippen LogP contribution in [0.5, 0.6) is 11.5 Å². The Morgan fingerprint density at radius 2 is 1.64 bits per heavy atom. The summed E-state index contributed by atoms with van der Waals surface area (Å²) in [6.07, 6.45) is 3.61. The number of carbonyl (C=O) groups is 1. The van der Waals surface area contributed by atoms with E-state index in [1.165, 1.54) is 35.9 Å². The van der Waals surface area contributed by atoms with E-state index in [2.05, 4.69) is 6.58 Å². The van der Waals surface area contributed by atoms with Crippen LogP contribution in [0.15, 0.2) is 106 Å². The van der Waals surface area contributed by atoms with Crippen LogP contribution in [-0.2, 0) is 21.3 Å². The number of benzene rings is 4. The number of hydrogen-bond acceptors (Lipinski definition) is 7. The van der Waals surface area contributed by atoms with E-state index in [4.69, 9.17) is 37.1 Å². The smallest absolute Gasteiger partial charge is 0.339 e. The second-order valence-corrected chi connectivity index (χ2v) is 13.4. The van der Waals surface area contributed by atoms with Gasteiger partial charge >= 0.3 is 10.1 Å². The molecule has 4 aromatic rings. The molecule has 1 aliphatic heterocycles. The summed E-state index contributed by atoms with van der Waals surface area (Å²) in [6.45, 7) is 7.59. The number of amides is 1. The van der Waals surface area contributed by atoms with Crippen molar-refractivity contribution in [2.45, 2.75) is 25.2 Å². The van der Waals surface area contributed by atoms with Crippen LogP contribution in [0.4, 0.5) is 11.4 Å². The highest BCUT2D eigenvalue weighted by atomic mass is 35.5. The summed E-state index contributed by atoms with van der Waals surface area (Å²) in [4.78, 5) is 20.6. The number of carbonyl (C=O) groups excluding carboxylic acids is 1. The molecule has 4 aromatic carbocycles. The van der Waals surface area contributed by atoms with Crippen molar-refractivity contribution in [2.24, 2.45) is 4.99 Å². The molecule has 45 heavy (non-hydrogen) atoms. The van der Waals surface area contributed by atoms with Gasteiger partial charge in [0.2, 0.25) is 0 Å². The minimum absolute atomic E-state index is 0.00809. The average Bonchev–Trinajstić information content (AvgIpc) is 3.31. The Balaban J connectivity index is 1.58. The van der Waals surface area contributed by atoms with Gasteiger partial charge in [0.1, 0.15) is 4.90 Å². The molecule has 1 amide bonds. The normalized spacial score (nSPS) is 15.1. The van der Waals surface area contributed by atoms with Gasteiger partial charge in [-0.05, 0) is 103 Å². The number of aliphatic imine (C=N–C) groups is 1. The summed E-state index contributed by atoms with van der Waals surface area (Å²) in [5.74, 6) is -0.0853. The Bertz CT molecular complexity index is 1980. The van der Waals surface area contributed by atoms with E-state index >= 15 is 0 Å².